The first kappa shape index (κ1) is 18.2. The summed E-state index contributed by atoms with van der Waals surface area (Å²) in [5, 5.41) is 0.617. The zero-order chi connectivity index (χ0) is 17.7. The van der Waals surface area contributed by atoms with Crippen LogP contribution in [-0.2, 0) is 15.8 Å². The van der Waals surface area contributed by atoms with Crippen LogP contribution < -0.4 is 9.62 Å². The number of piperidine rings is 1. The third-order valence-electron chi connectivity index (χ3n) is 4.35. The van der Waals surface area contributed by atoms with Crippen LogP contribution in [0.1, 0.15) is 18.4 Å². The molecule has 1 atom stereocenters. The summed E-state index contributed by atoms with van der Waals surface area (Å²) in [7, 11) is -3.32. The van der Waals surface area contributed by atoms with Crippen LogP contribution in [0.2, 0.25) is 5.02 Å². The highest BCUT2D eigenvalue weighted by Gasteiger charge is 2.22. The maximum Gasteiger partial charge on any atom is 0.215 e. The molecule has 0 bridgehead atoms. The molecule has 1 aromatic heterocycles. The van der Waals surface area contributed by atoms with Crippen molar-refractivity contribution in [1.29, 1.82) is 0 Å². The second kappa shape index (κ2) is 8.17. The topological polar surface area (TPSA) is 62.3 Å². The number of pyridine rings is 1. The fourth-order valence-electron chi connectivity index (χ4n) is 3.08. The van der Waals surface area contributed by atoms with E-state index in [1.165, 1.54) is 0 Å². The zero-order valence-electron chi connectivity index (χ0n) is 13.9. The van der Waals surface area contributed by atoms with E-state index in [2.05, 4.69) is 14.6 Å². The molecule has 7 heteroatoms. The van der Waals surface area contributed by atoms with Gasteiger partial charge in [0, 0.05) is 25.8 Å². The monoisotopic (exact) mass is 379 g/mol. The molecule has 0 spiro atoms. The van der Waals surface area contributed by atoms with Crippen LogP contribution in [0.15, 0.2) is 48.7 Å². The second-order valence-electron chi connectivity index (χ2n) is 6.38. The van der Waals surface area contributed by atoms with Gasteiger partial charge in [-0.05, 0) is 36.5 Å². The molecule has 1 saturated heterocycles. The van der Waals surface area contributed by atoms with Crippen LogP contribution in [-0.4, -0.2) is 33.0 Å². The standard InChI is InChI=1S/C18H22ClN3O2S/c19-17-8-9-18(20-12-17)22-10-4-7-16(13-22)11-21-25(23,24)14-15-5-2-1-3-6-15/h1-3,5-6,8-9,12,16,21H,4,7,10-11,13-14H2/t16-/m0/s1. The average molecular weight is 380 g/mol. The number of hydrogen-bond donors (Lipinski definition) is 1. The van der Waals surface area contributed by atoms with Crippen molar-refractivity contribution in [3.63, 3.8) is 0 Å². The van der Waals surface area contributed by atoms with Crippen molar-refractivity contribution < 1.29 is 8.42 Å². The van der Waals surface area contributed by atoms with Gasteiger partial charge in [0.15, 0.2) is 0 Å². The minimum atomic E-state index is -3.32. The summed E-state index contributed by atoms with van der Waals surface area (Å²) in [6.45, 7) is 2.18. The van der Waals surface area contributed by atoms with Crippen molar-refractivity contribution in [2.45, 2.75) is 18.6 Å². The number of hydrogen-bond acceptors (Lipinski definition) is 4. The lowest BCUT2D eigenvalue weighted by molar-refractivity contribution is 0.409. The van der Waals surface area contributed by atoms with E-state index in [1.807, 2.05) is 42.5 Å². The highest BCUT2D eigenvalue weighted by Crippen LogP contribution is 2.22. The maximum absolute atomic E-state index is 12.3. The quantitative estimate of drug-likeness (QED) is 0.837. The summed E-state index contributed by atoms with van der Waals surface area (Å²) >= 11 is 5.89. The van der Waals surface area contributed by atoms with Crippen molar-refractivity contribution in [3.8, 4) is 0 Å². The fourth-order valence-corrected chi connectivity index (χ4v) is 4.42. The third kappa shape index (κ3) is 5.42. The van der Waals surface area contributed by atoms with E-state index in [0.29, 0.717) is 11.6 Å². The average Bonchev–Trinajstić information content (AvgIpc) is 2.61. The molecule has 2 heterocycles. The Kier molecular flexibility index (Phi) is 5.93. The van der Waals surface area contributed by atoms with Gasteiger partial charge >= 0.3 is 0 Å². The Balaban J connectivity index is 1.55. The molecule has 0 saturated carbocycles. The van der Waals surface area contributed by atoms with Crippen LogP contribution in [0.25, 0.3) is 0 Å². The largest absolute Gasteiger partial charge is 0.356 e. The van der Waals surface area contributed by atoms with Crippen LogP contribution in [0, 0.1) is 5.92 Å². The first-order valence-corrected chi connectivity index (χ1v) is 10.4. The number of benzene rings is 1. The van der Waals surface area contributed by atoms with Gasteiger partial charge in [-0.2, -0.15) is 0 Å². The summed E-state index contributed by atoms with van der Waals surface area (Å²) < 4.78 is 27.3. The minimum absolute atomic E-state index is 0.0169. The predicted molar refractivity (Wildman–Crippen MR) is 101 cm³/mol. The molecular weight excluding hydrogens is 358 g/mol. The molecule has 0 aliphatic carbocycles. The number of sulfonamides is 1. The lowest BCUT2D eigenvalue weighted by atomic mass is 9.98. The van der Waals surface area contributed by atoms with Crippen LogP contribution >= 0.6 is 11.6 Å². The van der Waals surface area contributed by atoms with Crippen molar-refractivity contribution in [1.82, 2.24) is 9.71 Å². The SMILES string of the molecule is O=S(=O)(Cc1ccccc1)NC[C@@H]1CCCN(c2ccc(Cl)cn2)C1. The van der Waals surface area contributed by atoms with Crippen LogP contribution in [0.3, 0.4) is 0 Å². The Labute approximate surface area is 154 Å². The second-order valence-corrected chi connectivity index (χ2v) is 8.63. The van der Waals surface area contributed by atoms with Gasteiger partial charge in [0.25, 0.3) is 0 Å². The smallest absolute Gasteiger partial charge is 0.215 e. The van der Waals surface area contributed by atoms with E-state index >= 15 is 0 Å². The number of nitrogens with zero attached hydrogens (tertiary/aromatic N) is 2. The van der Waals surface area contributed by atoms with E-state index in [4.69, 9.17) is 11.6 Å². The predicted octanol–water partition coefficient (Wildman–Crippen LogP) is 3.07. The minimum Gasteiger partial charge on any atom is -0.356 e. The van der Waals surface area contributed by atoms with E-state index in [0.717, 1.165) is 37.3 Å². The molecule has 1 fully saturated rings. The Bertz CT molecular complexity index is 782. The molecule has 1 aliphatic heterocycles. The van der Waals surface area contributed by atoms with E-state index in [-0.39, 0.29) is 11.7 Å². The van der Waals surface area contributed by atoms with Gasteiger partial charge in [0.05, 0.1) is 10.8 Å². The van der Waals surface area contributed by atoms with Crippen molar-refractivity contribution in [2.75, 3.05) is 24.5 Å². The number of rotatable bonds is 6. The summed E-state index contributed by atoms with van der Waals surface area (Å²) in [6, 6.07) is 13.0. The first-order valence-electron chi connectivity index (χ1n) is 8.39. The van der Waals surface area contributed by atoms with Gasteiger partial charge in [-0.15, -0.1) is 0 Å². The molecular formula is C18H22ClN3O2S. The summed E-state index contributed by atoms with van der Waals surface area (Å²) in [6.07, 6.45) is 3.68. The molecule has 25 heavy (non-hydrogen) atoms. The maximum atomic E-state index is 12.3. The van der Waals surface area contributed by atoms with Gasteiger partial charge in [-0.1, -0.05) is 41.9 Å². The highest BCUT2D eigenvalue weighted by atomic mass is 35.5. The Hall–Kier alpha value is -1.63. The summed E-state index contributed by atoms with van der Waals surface area (Å²) in [4.78, 5) is 6.55. The van der Waals surface area contributed by atoms with E-state index in [1.54, 1.807) is 6.20 Å². The van der Waals surface area contributed by atoms with Crippen molar-refractivity contribution >= 4 is 27.4 Å². The number of anilines is 1. The summed E-state index contributed by atoms with van der Waals surface area (Å²) in [5.41, 5.74) is 0.797. The summed E-state index contributed by atoms with van der Waals surface area (Å²) in [5.74, 6) is 1.18. The lowest BCUT2D eigenvalue weighted by Gasteiger charge is -2.33. The molecule has 3 rings (SSSR count). The molecule has 1 aliphatic rings. The molecule has 0 radical (unpaired) electrons. The molecule has 2 aromatic rings. The van der Waals surface area contributed by atoms with E-state index < -0.39 is 10.0 Å². The van der Waals surface area contributed by atoms with Crippen molar-refractivity contribution in [3.05, 3.63) is 59.2 Å². The number of halogens is 1. The lowest BCUT2D eigenvalue weighted by Crippen LogP contribution is -2.41. The van der Waals surface area contributed by atoms with Crippen LogP contribution in [0.5, 0.6) is 0 Å². The first-order chi connectivity index (χ1) is 12.0. The molecule has 1 N–H and O–H groups in total. The highest BCUT2D eigenvalue weighted by molar-refractivity contribution is 7.88. The Morgan fingerprint density at radius 2 is 2.00 bits per heavy atom. The Morgan fingerprint density at radius 1 is 1.20 bits per heavy atom. The zero-order valence-corrected chi connectivity index (χ0v) is 15.5. The van der Waals surface area contributed by atoms with Gasteiger partial charge in [0.1, 0.15) is 5.82 Å². The number of nitrogens with one attached hydrogen (secondary N) is 1. The van der Waals surface area contributed by atoms with Gasteiger partial charge in [-0.3, -0.25) is 0 Å². The van der Waals surface area contributed by atoms with Gasteiger partial charge in [-0.25, -0.2) is 18.1 Å². The number of aromatic nitrogens is 1. The molecule has 134 valence electrons. The van der Waals surface area contributed by atoms with Crippen molar-refractivity contribution in [2.24, 2.45) is 5.92 Å². The third-order valence-corrected chi connectivity index (χ3v) is 5.89. The molecule has 0 amide bonds. The Morgan fingerprint density at radius 3 is 2.72 bits per heavy atom. The van der Waals surface area contributed by atoms with Gasteiger partial charge < -0.3 is 4.90 Å². The van der Waals surface area contributed by atoms with Crippen LogP contribution in [0.4, 0.5) is 5.82 Å². The van der Waals surface area contributed by atoms with Gasteiger partial charge in [0.2, 0.25) is 10.0 Å². The molecule has 0 unspecified atom stereocenters. The molecule has 1 aromatic carbocycles. The molecule has 5 nitrogen and oxygen atoms in total. The normalized spacial score (nSPS) is 18.3. The van der Waals surface area contributed by atoms with E-state index in [9.17, 15) is 8.42 Å². The fraction of sp³-hybridized carbons (Fsp3) is 0.389.